The minimum Gasteiger partial charge on any atom is -0.485 e. The lowest BCUT2D eigenvalue weighted by Gasteiger charge is -2.42. The summed E-state index contributed by atoms with van der Waals surface area (Å²) in [5.41, 5.74) is 1.25. The van der Waals surface area contributed by atoms with Crippen molar-refractivity contribution in [1.29, 1.82) is 10.5 Å². The van der Waals surface area contributed by atoms with Crippen LogP contribution in [0.15, 0.2) is 53.5 Å². The van der Waals surface area contributed by atoms with E-state index in [0.717, 1.165) is 5.56 Å². The number of fused-ring (bicyclic) bond motifs is 1. The second-order valence-corrected chi connectivity index (χ2v) is 7.04. The summed E-state index contributed by atoms with van der Waals surface area (Å²) in [5, 5.41) is 35.4. The van der Waals surface area contributed by atoms with E-state index in [4.69, 9.17) is 10.00 Å². The number of guanidine groups is 1. The van der Waals surface area contributed by atoms with Gasteiger partial charge in [0.15, 0.2) is 0 Å². The van der Waals surface area contributed by atoms with E-state index < -0.39 is 17.7 Å². The van der Waals surface area contributed by atoms with Crippen LogP contribution in [0.3, 0.4) is 0 Å². The second-order valence-electron chi connectivity index (χ2n) is 7.04. The van der Waals surface area contributed by atoms with Crippen LogP contribution in [0.5, 0.6) is 5.75 Å². The predicted octanol–water partition coefficient (Wildman–Crippen LogP) is 2.35. The topological polar surface area (TPSA) is 113 Å². The van der Waals surface area contributed by atoms with Crippen LogP contribution in [0.4, 0.5) is 0 Å². The first-order valence-electron chi connectivity index (χ1n) is 8.87. The minimum atomic E-state index is -0.934. The standard InChI is InChI=1S/C21H21N5O2/c1-21(2)19(27)18(16-10-15(11-22)8-9-17(16)28-21)26-20(25-13-23)24-12-14-6-4-3-5-7-14/h3-10,18-19,27H,12H2,1-2H3,(H2,24,25,26). The molecule has 2 aromatic carbocycles. The van der Waals surface area contributed by atoms with Gasteiger partial charge in [0.2, 0.25) is 12.2 Å². The number of ether oxygens (including phenoxy) is 1. The molecular weight excluding hydrogens is 354 g/mol. The number of nitrogens with one attached hydrogen (secondary N) is 2. The number of hydrogen-bond acceptors (Lipinski definition) is 5. The van der Waals surface area contributed by atoms with Gasteiger partial charge in [0.05, 0.1) is 17.7 Å². The molecule has 0 aromatic heterocycles. The molecule has 0 aliphatic carbocycles. The lowest BCUT2D eigenvalue weighted by Crippen LogP contribution is -2.55. The van der Waals surface area contributed by atoms with Crippen molar-refractivity contribution in [3.05, 3.63) is 65.2 Å². The normalized spacial score (nSPS) is 20.1. The Bertz CT molecular complexity index is 957. The molecule has 7 nitrogen and oxygen atoms in total. The van der Waals surface area contributed by atoms with Crippen LogP contribution in [0.25, 0.3) is 0 Å². The molecule has 0 saturated heterocycles. The van der Waals surface area contributed by atoms with E-state index in [0.29, 0.717) is 23.4 Å². The molecule has 7 heteroatoms. The summed E-state index contributed by atoms with van der Waals surface area (Å²) >= 11 is 0. The van der Waals surface area contributed by atoms with Gasteiger partial charge in [0.1, 0.15) is 17.5 Å². The fraction of sp³-hybridized carbons (Fsp3) is 0.286. The quantitative estimate of drug-likeness (QED) is 0.431. The zero-order valence-electron chi connectivity index (χ0n) is 15.7. The van der Waals surface area contributed by atoms with Gasteiger partial charge in [-0.3, -0.25) is 0 Å². The van der Waals surface area contributed by atoms with Gasteiger partial charge in [-0.1, -0.05) is 30.3 Å². The minimum absolute atomic E-state index is 0.237. The van der Waals surface area contributed by atoms with E-state index in [1.165, 1.54) is 0 Å². The average Bonchev–Trinajstić information content (AvgIpc) is 2.70. The Labute approximate surface area is 163 Å². The van der Waals surface area contributed by atoms with Crippen molar-refractivity contribution in [3.63, 3.8) is 0 Å². The van der Waals surface area contributed by atoms with Gasteiger partial charge < -0.3 is 20.5 Å². The molecule has 3 rings (SSSR count). The van der Waals surface area contributed by atoms with Crippen molar-refractivity contribution >= 4 is 5.96 Å². The molecule has 2 aromatic rings. The van der Waals surface area contributed by atoms with Crippen LogP contribution >= 0.6 is 0 Å². The third-order valence-electron chi connectivity index (χ3n) is 4.63. The first-order valence-corrected chi connectivity index (χ1v) is 8.87. The Morgan fingerprint density at radius 3 is 2.64 bits per heavy atom. The van der Waals surface area contributed by atoms with Gasteiger partial charge in [-0.25, -0.2) is 0 Å². The lowest BCUT2D eigenvalue weighted by atomic mass is 9.86. The number of aliphatic hydroxyl groups is 1. The maximum absolute atomic E-state index is 10.9. The second kappa shape index (κ2) is 7.99. The summed E-state index contributed by atoms with van der Waals surface area (Å²) < 4.78 is 5.91. The van der Waals surface area contributed by atoms with Crippen molar-refractivity contribution in [1.82, 2.24) is 10.6 Å². The highest BCUT2D eigenvalue weighted by Crippen LogP contribution is 2.40. The first-order chi connectivity index (χ1) is 13.4. The maximum Gasteiger partial charge on any atom is 0.209 e. The molecular formula is C21H21N5O2. The molecule has 2 atom stereocenters. The van der Waals surface area contributed by atoms with Gasteiger partial charge >= 0.3 is 0 Å². The van der Waals surface area contributed by atoms with Gasteiger partial charge in [-0.2, -0.15) is 10.5 Å². The first kappa shape index (κ1) is 19.2. The monoisotopic (exact) mass is 375 g/mol. The summed E-state index contributed by atoms with van der Waals surface area (Å²) in [6.45, 7) is 4.03. The third-order valence-corrected chi connectivity index (χ3v) is 4.63. The van der Waals surface area contributed by atoms with Crippen molar-refractivity contribution < 1.29 is 9.84 Å². The summed E-state index contributed by atoms with van der Waals surface area (Å²) in [6.07, 6.45) is 0.840. The number of rotatable bonds is 3. The molecule has 1 aliphatic heterocycles. The van der Waals surface area contributed by atoms with Crippen molar-refractivity contribution in [3.8, 4) is 18.0 Å². The fourth-order valence-electron chi connectivity index (χ4n) is 3.13. The molecule has 1 heterocycles. The van der Waals surface area contributed by atoms with E-state index in [2.05, 4.69) is 21.7 Å². The summed E-state index contributed by atoms with van der Waals surface area (Å²) in [5.74, 6) is 0.813. The molecule has 0 saturated carbocycles. The van der Waals surface area contributed by atoms with E-state index >= 15 is 0 Å². The molecule has 0 spiro atoms. The van der Waals surface area contributed by atoms with Crippen molar-refractivity contribution in [2.45, 2.75) is 38.1 Å². The molecule has 0 bridgehead atoms. The van der Waals surface area contributed by atoms with Crippen LogP contribution in [0.1, 0.15) is 36.6 Å². The summed E-state index contributed by atoms with van der Waals surface area (Å²) in [4.78, 5) is 3.81. The van der Waals surface area contributed by atoms with E-state index in [-0.39, 0.29) is 5.96 Å². The van der Waals surface area contributed by atoms with Crippen LogP contribution in [0, 0.1) is 22.8 Å². The SMILES string of the molecule is CC1(C)Oc2ccc(C#N)cc2C(N/C(=N\C#N)NCc2ccccc2)C1O. The lowest BCUT2D eigenvalue weighted by molar-refractivity contribution is -0.0612. The highest BCUT2D eigenvalue weighted by molar-refractivity contribution is 5.81. The highest BCUT2D eigenvalue weighted by atomic mass is 16.5. The maximum atomic E-state index is 10.9. The number of nitriles is 2. The van der Waals surface area contributed by atoms with Gasteiger partial charge in [0, 0.05) is 12.1 Å². The molecule has 3 N–H and O–H groups in total. The number of aliphatic imine (C=N–C) groups is 1. The molecule has 0 fully saturated rings. The molecule has 1 aliphatic rings. The largest absolute Gasteiger partial charge is 0.485 e. The van der Waals surface area contributed by atoms with E-state index in [1.54, 1.807) is 38.2 Å². The van der Waals surface area contributed by atoms with Crippen LogP contribution in [0.2, 0.25) is 0 Å². The number of aliphatic hydroxyl groups excluding tert-OH is 1. The Morgan fingerprint density at radius 2 is 1.96 bits per heavy atom. The van der Waals surface area contributed by atoms with E-state index in [1.807, 2.05) is 30.3 Å². The van der Waals surface area contributed by atoms with Crippen molar-refractivity contribution in [2.24, 2.45) is 4.99 Å². The number of hydrogen-bond donors (Lipinski definition) is 3. The van der Waals surface area contributed by atoms with Crippen LogP contribution < -0.4 is 15.4 Å². The summed E-state index contributed by atoms with van der Waals surface area (Å²) in [6, 6.07) is 16.2. The molecule has 0 amide bonds. The zero-order valence-corrected chi connectivity index (χ0v) is 15.7. The Hall–Kier alpha value is -3.55. The Balaban J connectivity index is 1.88. The molecule has 0 radical (unpaired) electrons. The zero-order chi connectivity index (χ0) is 20.1. The Morgan fingerprint density at radius 1 is 1.21 bits per heavy atom. The molecule has 28 heavy (non-hydrogen) atoms. The molecule has 2 unspecified atom stereocenters. The predicted molar refractivity (Wildman–Crippen MR) is 104 cm³/mol. The average molecular weight is 375 g/mol. The highest BCUT2D eigenvalue weighted by Gasteiger charge is 2.43. The smallest absolute Gasteiger partial charge is 0.209 e. The van der Waals surface area contributed by atoms with Crippen LogP contribution in [-0.4, -0.2) is 22.8 Å². The van der Waals surface area contributed by atoms with Crippen LogP contribution in [-0.2, 0) is 6.54 Å². The van der Waals surface area contributed by atoms with E-state index in [9.17, 15) is 10.4 Å². The fourth-order valence-corrected chi connectivity index (χ4v) is 3.13. The third kappa shape index (κ3) is 4.06. The van der Waals surface area contributed by atoms with Gasteiger partial charge in [-0.05, 0) is 37.6 Å². The molecule has 142 valence electrons. The number of nitrogens with zero attached hydrogens (tertiary/aromatic N) is 3. The Kier molecular flexibility index (Phi) is 5.49. The number of benzene rings is 2. The summed E-state index contributed by atoms with van der Waals surface area (Å²) in [7, 11) is 0. The van der Waals surface area contributed by atoms with Gasteiger partial charge in [0.25, 0.3) is 0 Å². The van der Waals surface area contributed by atoms with Gasteiger partial charge in [-0.15, -0.1) is 4.99 Å². The van der Waals surface area contributed by atoms with Crippen molar-refractivity contribution in [2.75, 3.05) is 0 Å².